The summed E-state index contributed by atoms with van der Waals surface area (Å²) in [5.41, 5.74) is 2.70. The van der Waals surface area contributed by atoms with Crippen LogP contribution in [0.5, 0.6) is 5.75 Å². The largest absolute Gasteiger partial charge is 0.478 e. The maximum Gasteiger partial charge on any atom is 0.343 e. The van der Waals surface area contributed by atoms with Crippen molar-refractivity contribution < 1.29 is 19.4 Å². The molecule has 3 aromatic rings. The van der Waals surface area contributed by atoms with Crippen molar-refractivity contribution in [3.05, 3.63) is 83.9 Å². The van der Waals surface area contributed by atoms with E-state index < -0.39 is 11.9 Å². The van der Waals surface area contributed by atoms with Crippen LogP contribution in [0.15, 0.2) is 77.7 Å². The number of carbonyl (C=O) groups excluding carboxylic acids is 1. The summed E-state index contributed by atoms with van der Waals surface area (Å²) in [6.07, 6.45) is 3.75. The zero-order valence-corrected chi connectivity index (χ0v) is 17.7. The van der Waals surface area contributed by atoms with Crippen molar-refractivity contribution in [1.29, 1.82) is 0 Å². The SMILES string of the molecule is CCCCCSc1ccc(-c2ccc(C(=O)Oc3ccc(C(=O)O)cc3)cc2)cc1. The van der Waals surface area contributed by atoms with Gasteiger partial charge in [-0.2, -0.15) is 0 Å². The zero-order valence-electron chi connectivity index (χ0n) is 16.8. The van der Waals surface area contributed by atoms with Crippen LogP contribution in [-0.4, -0.2) is 22.8 Å². The number of carboxylic acid groups (broad SMARTS) is 1. The first-order chi connectivity index (χ1) is 14.6. The summed E-state index contributed by atoms with van der Waals surface area (Å²) in [6.45, 7) is 2.21. The first-order valence-corrected chi connectivity index (χ1v) is 10.9. The summed E-state index contributed by atoms with van der Waals surface area (Å²) in [7, 11) is 0. The molecule has 4 nitrogen and oxygen atoms in total. The van der Waals surface area contributed by atoms with Crippen molar-refractivity contribution in [3.63, 3.8) is 0 Å². The second-order valence-electron chi connectivity index (χ2n) is 6.88. The molecule has 0 aromatic heterocycles. The summed E-state index contributed by atoms with van der Waals surface area (Å²) in [4.78, 5) is 24.5. The van der Waals surface area contributed by atoms with E-state index in [1.807, 2.05) is 23.9 Å². The van der Waals surface area contributed by atoms with Gasteiger partial charge in [0.15, 0.2) is 0 Å². The van der Waals surface area contributed by atoms with Gasteiger partial charge in [-0.25, -0.2) is 9.59 Å². The van der Waals surface area contributed by atoms with Crippen molar-refractivity contribution in [1.82, 2.24) is 0 Å². The van der Waals surface area contributed by atoms with Crippen LogP contribution >= 0.6 is 11.8 Å². The number of rotatable bonds is 9. The molecule has 0 aliphatic carbocycles. The van der Waals surface area contributed by atoms with Crippen LogP contribution in [0, 0.1) is 0 Å². The second kappa shape index (κ2) is 10.6. The number of esters is 1. The van der Waals surface area contributed by atoms with Gasteiger partial charge in [-0.15, -0.1) is 11.8 Å². The number of hydrogen-bond donors (Lipinski definition) is 1. The molecular weight excluding hydrogens is 396 g/mol. The third-order valence-corrected chi connectivity index (χ3v) is 5.73. The highest BCUT2D eigenvalue weighted by atomic mass is 32.2. The second-order valence-corrected chi connectivity index (χ2v) is 8.04. The number of ether oxygens (including phenoxy) is 1. The molecule has 1 N–H and O–H groups in total. The Bertz CT molecular complexity index is 977. The number of unbranched alkanes of at least 4 members (excludes halogenated alkanes) is 2. The molecule has 0 bridgehead atoms. The molecule has 0 aliphatic rings. The molecule has 0 atom stereocenters. The lowest BCUT2D eigenvalue weighted by atomic mass is 10.0. The van der Waals surface area contributed by atoms with E-state index in [0.717, 1.165) is 16.9 Å². The summed E-state index contributed by atoms with van der Waals surface area (Å²) in [5.74, 6) is -0.0561. The van der Waals surface area contributed by atoms with Gasteiger partial charge in [-0.1, -0.05) is 44.0 Å². The van der Waals surface area contributed by atoms with Crippen LogP contribution in [0.4, 0.5) is 0 Å². The topological polar surface area (TPSA) is 63.6 Å². The monoisotopic (exact) mass is 420 g/mol. The third-order valence-electron chi connectivity index (χ3n) is 4.64. The minimum atomic E-state index is -1.02. The smallest absolute Gasteiger partial charge is 0.343 e. The number of aromatic carboxylic acids is 1. The van der Waals surface area contributed by atoms with Gasteiger partial charge in [-0.05, 0) is 71.8 Å². The van der Waals surface area contributed by atoms with Crippen molar-refractivity contribution in [3.8, 4) is 16.9 Å². The van der Waals surface area contributed by atoms with Gasteiger partial charge in [0, 0.05) is 4.90 Å². The molecule has 0 saturated heterocycles. The third kappa shape index (κ3) is 5.97. The van der Waals surface area contributed by atoms with Crippen LogP contribution in [0.3, 0.4) is 0 Å². The van der Waals surface area contributed by atoms with E-state index in [0.29, 0.717) is 11.3 Å². The Morgan fingerprint density at radius 1 is 0.800 bits per heavy atom. The van der Waals surface area contributed by atoms with E-state index in [4.69, 9.17) is 9.84 Å². The van der Waals surface area contributed by atoms with Crippen LogP contribution in [0.25, 0.3) is 11.1 Å². The Balaban J connectivity index is 1.60. The lowest BCUT2D eigenvalue weighted by Crippen LogP contribution is -2.08. The highest BCUT2D eigenvalue weighted by Crippen LogP contribution is 2.25. The molecule has 154 valence electrons. The van der Waals surface area contributed by atoms with Crippen LogP contribution < -0.4 is 4.74 Å². The van der Waals surface area contributed by atoms with E-state index in [9.17, 15) is 9.59 Å². The fourth-order valence-corrected chi connectivity index (χ4v) is 3.83. The predicted octanol–water partition coefficient (Wildman–Crippen LogP) is 6.55. The fraction of sp³-hybridized carbons (Fsp3) is 0.200. The van der Waals surface area contributed by atoms with Gasteiger partial charge in [0.25, 0.3) is 0 Å². The van der Waals surface area contributed by atoms with Crippen LogP contribution in [0.1, 0.15) is 46.9 Å². The molecule has 0 aliphatic heterocycles. The Kier molecular flexibility index (Phi) is 7.69. The molecule has 0 heterocycles. The molecule has 30 heavy (non-hydrogen) atoms. The number of carbonyl (C=O) groups is 2. The van der Waals surface area contributed by atoms with E-state index in [1.54, 1.807) is 12.1 Å². The van der Waals surface area contributed by atoms with E-state index in [1.165, 1.54) is 48.4 Å². The van der Waals surface area contributed by atoms with Gasteiger partial charge in [-0.3, -0.25) is 0 Å². The molecule has 0 saturated carbocycles. The lowest BCUT2D eigenvalue weighted by Gasteiger charge is -2.07. The predicted molar refractivity (Wildman–Crippen MR) is 120 cm³/mol. The Labute approximate surface area is 180 Å². The van der Waals surface area contributed by atoms with Gasteiger partial charge in [0.1, 0.15) is 5.75 Å². The highest BCUT2D eigenvalue weighted by Gasteiger charge is 2.10. The minimum Gasteiger partial charge on any atom is -0.478 e. The van der Waals surface area contributed by atoms with Crippen molar-refractivity contribution in [2.24, 2.45) is 0 Å². The highest BCUT2D eigenvalue weighted by molar-refractivity contribution is 7.99. The standard InChI is InChI=1S/C25H24O4S/c1-2-3-4-17-30-23-15-11-19(12-16-23)18-5-7-21(8-6-18)25(28)29-22-13-9-20(10-14-22)24(26)27/h5-16H,2-4,17H2,1H3,(H,26,27). The number of carboxylic acids is 1. The first kappa shape index (κ1) is 21.7. The van der Waals surface area contributed by atoms with E-state index in [2.05, 4.69) is 31.2 Å². The molecule has 3 aromatic carbocycles. The van der Waals surface area contributed by atoms with Crippen LogP contribution in [-0.2, 0) is 0 Å². The van der Waals surface area contributed by atoms with Gasteiger partial charge < -0.3 is 9.84 Å². The quantitative estimate of drug-likeness (QED) is 0.184. The molecule has 0 unspecified atom stereocenters. The van der Waals surface area contributed by atoms with Gasteiger partial charge in [0.05, 0.1) is 11.1 Å². The Hall–Kier alpha value is -3.05. The van der Waals surface area contributed by atoms with Crippen molar-refractivity contribution in [2.45, 2.75) is 31.1 Å². The maximum atomic E-state index is 12.3. The number of hydrogen-bond acceptors (Lipinski definition) is 4. The summed E-state index contributed by atoms with van der Waals surface area (Å²) < 4.78 is 5.32. The average Bonchev–Trinajstić information content (AvgIpc) is 2.77. The molecule has 0 amide bonds. The van der Waals surface area contributed by atoms with Crippen LogP contribution in [0.2, 0.25) is 0 Å². The average molecular weight is 421 g/mol. The zero-order chi connectivity index (χ0) is 21.3. The van der Waals surface area contributed by atoms with E-state index >= 15 is 0 Å². The molecule has 3 rings (SSSR count). The molecule has 5 heteroatoms. The molecule has 0 fully saturated rings. The Morgan fingerprint density at radius 2 is 1.37 bits per heavy atom. The van der Waals surface area contributed by atoms with Crippen molar-refractivity contribution >= 4 is 23.7 Å². The first-order valence-electron chi connectivity index (χ1n) is 9.95. The molecular formula is C25H24O4S. The van der Waals surface area contributed by atoms with Gasteiger partial charge in [0.2, 0.25) is 0 Å². The summed E-state index contributed by atoms with van der Waals surface area (Å²) in [5, 5.41) is 8.92. The maximum absolute atomic E-state index is 12.3. The molecule has 0 spiro atoms. The lowest BCUT2D eigenvalue weighted by molar-refractivity contribution is 0.0696. The summed E-state index contributed by atoms with van der Waals surface area (Å²) in [6, 6.07) is 21.5. The van der Waals surface area contributed by atoms with E-state index in [-0.39, 0.29) is 5.56 Å². The Morgan fingerprint density at radius 3 is 1.93 bits per heavy atom. The summed E-state index contributed by atoms with van der Waals surface area (Å²) >= 11 is 1.88. The minimum absolute atomic E-state index is 0.143. The number of benzene rings is 3. The fourth-order valence-electron chi connectivity index (χ4n) is 2.92. The van der Waals surface area contributed by atoms with Crippen molar-refractivity contribution in [2.75, 3.05) is 5.75 Å². The number of thioether (sulfide) groups is 1. The van der Waals surface area contributed by atoms with Gasteiger partial charge >= 0.3 is 11.9 Å². The molecule has 0 radical (unpaired) electrons. The normalized spacial score (nSPS) is 10.6.